The number of allylic oxidation sites excluding steroid dienone is 1. The lowest BCUT2D eigenvalue weighted by Crippen LogP contribution is -2.27. The number of pyridine rings is 1. The van der Waals surface area contributed by atoms with Crippen molar-refractivity contribution in [1.29, 1.82) is 0 Å². The van der Waals surface area contributed by atoms with Crippen LogP contribution in [0.15, 0.2) is 35.9 Å². The van der Waals surface area contributed by atoms with Crippen molar-refractivity contribution in [3.63, 3.8) is 0 Å². The van der Waals surface area contributed by atoms with Gasteiger partial charge in [-0.3, -0.25) is 9.59 Å². The summed E-state index contributed by atoms with van der Waals surface area (Å²) < 4.78 is 0.852. The number of rotatable bonds is 3. The number of thiophene rings is 1. The number of amides is 2. The Labute approximate surface area is 185 Å². The molecule has 2 atom stereocenters. The minimum absolute atomic E-state index is 0. The number of hydrogen-bond acceptors (Lipinski definition) is 4. The minimum Gasteiger partial charge on any atom is -0.338 e. The number of aromatic nitrogens is 1. The third kappa shape index (κ3) is 3.94. The van der Waals surface area contributed by atoms with E-state index in [0.717, 1.165) is 40.5 Å². The molecule has 30 heavy (non-hydrogen) atoms. The van der Waals surface area contributed by atoms with Crippen LogP contribution < -0.4 is 5.32 Å². The highest BCUT2D eigenvalue weighted by atomic mass is 35.5. The molecule has 2 aromatic rings. The molecule has 156 valence electrons. The molecule has 1 fully saturated rings. The molecule has 1 aliphatic carbocycles. The van der Waals surface area contributed by atoms with E-state index < -0.39 is 0 Å². The summed E-state index contributed by atoms with van der Waals surface area (Å²) in [6.07, 6.45) is 9.57. The fourth-order valence-electron chi connectivity index (χ4n) is 4.45. The van der Waals surface area contributed by atoms with E-state index in [0.29, 0.717) is 30.5 Å². The summed E-state index contributed by atoms with van der Waals surface area (Å²) in [5, 5.41) is 4.80. The fourth-order valence-corrected chi connectivity index (χ4v) is 5.44. The molecule has 0 saturated carbocycles. The lowest BCUT2D eigenvalue weighted by atomic mass is 9.99. The van der Waals surface area contributed by atoms with Gasteiger partial charge in [-0.2, -0.15) is 0 Å². The molecule has 2 amide bonds. The zero-order valence-electron chi connectivity index (χ0n) is 15.7. The van der Waals surface area contributed by atoms with Gasteiger partial charge in [-0.1, -0.05) is 25.1 Å². The summed E-state index contributed by atoms with van der Waals surface area (Å²) in [5.41, 5.74) is 4.36. The van der Waals surface area contributed by atoms with Crippen molar-refractivity contribution in [3.8, 4) is 0 Å². The second kappa shape index (κ2) is 8.36. The Morgan fingerprint density at radius 3 is 2.97 bits per heavy atom. The first-order valence-corrected chi connectivity index (χ1v) is 11.0. The number of nitrogens with zero attached hydrogens (tertiary/aromatic N) is 2. The van der Waals surface area contributed by atoms with Crippen LogP contribution in [0.2, 0.25) is 4.34 Å². The topological polar surface area (TPSA) is 62.3 Å². The van der Waals surface area contributed by atoms with E-state index in [1.165, 1.54) is 5.57 Å². The van der Waals surface area contributed by atoms with Gasteiger partial charge >= 0.3 is 0 Å². The number of halogens is 1. The van der Waals surface area contributed by atoms with E-state index in [4.69, 9.17) is 11.6 Å². The van der Waals surface area contributed by atoms with Gasteiger partial charge in [-0.05, 0) is 65.0 Å². The number of hydrogen-bond donors (Lipinski definition) is 1. The lowest BCUT2D eigenvalue weighted by molar-refractivity contribution is -0.125. The van der Waals surface area contributed by atoms with Gasteiger partial charge in [-0.15, -0.1) is 11.3 Å². The van der Waals surface area contributed by atoms with E-state index in [-0.39, 0.29) is 19.2 Å². The maximum Gasteiger partial charge on any atom is 0.246 e. The summed E-state index contributed by atoms with van der Waals surface area (Å²) in [6, 6.07) is 4.08. The average molecular weight is 442 g/mol. The van der Waals surface area contributed by atoms with Crippen LogP contribution in [0, 0.1) is 11.8 Å². The van der Waals surface area contributed by atoms with Gasteiger partial charge in [0.15, 0.2) is 0 Å². The summed E-state index contributed by atoms with van der Waals surface area (Å²) in [4.78, 5) is 30.3. The molecule has 0 spiro atoms. The minimum atomic E-state index is 0. The second-order valence-corrected chi connectivity index (χ2v) is 9.35. The number of fused-ring (bicyclic) bond motifs is 2. The highest BCUT2D eigenvalue weighted by Gasteiger charge is 2.38. The fraction of sp³-hybridized carbons (Fsp3) is 0.348. The lowest BCUT2D eigenvalue weighted by Gasteiger charge is -2.16. The number of nitrogens with one attached hydrogen (secondary N) is 1. The highest BCUT2D eigenvalue weighted by Crippen LogP contribution is 2.43. The maximum absolute atomic E-state index is 12.7. The average Bonchev–Trinajstić information content (AvgIpc) is 3.40. The van der Waals surface area contributed by atoms with Gasteiger partial charge < -0.3 is 10.2 Å². The molecule has 7 heteroatoms. The number of anilines is 1. The summed E-state index contributed by atoms with van der Waals surface area (Å²) in [6.45, 7) is 1.54. The molecule has 0 aromatic carbocycles. The van der Waals surface area contributed by atoms with Crippen molar-refractivity contribution in [2.75, 3.05) is 18.4 Å². The molecule has 0 radical (unpaired) electrons. The van der Waals surface area contributed by atoms with Crippen LogP contribution in [0.25, 0.3) is 11.6 Å². The molecule has 0 bridgehead atoms. The molecule has 4 heterocycles. The van der Waals surface area contributed by atoms with Crippen LogP contribution in [0.4, 0.5) is 5.82 Å². The largest absolute Gasteiger partial charge is 0.338 e. The Morgan fingerprint density at radius 2 is 2.20 bits per heavy atom. The second-order valence-electron chi connectivity index (χ2n) is 7.83. The summed E-state index contributed by atoms with van der Waals surface area (Å²) in [7, 11) is 0. The highest BCUT2D eigenvalue weighted by molar-refractivity contribution is 7.14. The molecule has 1 N–H and O–H groups in total. The van der Waals surface area contributed by atoms with E-state index in [9.17, 15) is 9.59 Å². The molecular weight excluding hydrogens is 418 g/mol. The Bertz CT molecular complexity index is 1060. The summed E-state index contributed by atoms with van der Waals surface area (Å²) >= 11 is 7.85. The van der Waals surface area contributed by atoms with Gasteiger partial charge in [0.1, 0.15) is 10.2 Å². The van der Waals surface area contributed by atoms with Gasteiger partial charge in [0.2, 0.25) is 11.8 Å². The SMILES string of the molecule is C.O=C1CCc2cc(/C=C/C(=O)N3CC4C=C(c5ccsc5Cl)CC4C3)cnc2N1. The Hall–Kier alpha value is -2.44. The Balaban J connectivity index is 0.00000218. The van der Waals surface area contributed by atoms with Crippen LogP contribution in [-0.4, -0.2) is 34.8 Å². The molecule has 5 nitrogen and oxygen atoms in total. The predicted octanol–water partition coefficient (Wildman–Crippen LogP) is 4.89. The van der Waals surface area contributed by atoms with E-state index >= 15 is 0 Å². The normalized spacial score (nSPS) is 22.4. The molecule has 3 aliphatic rings. The first-order chi connectivity index (χ1) is 14.1. The zero-order chi connectivity index (χ0) is 20.0. The van der Waals surface area contributed by atoms with Crippen LogP contribution in [0.1, 0.15) is 37.0 Å². The standard InChI is InChI=1S/C22H20ClN3O2S.CH4/c23-21-18(5-6-29-21)15-8-16-11-26(12-17(16)9-15)20(28)4-1-13-7-14-2-3-19(27)25-22(14)24-10-13;/h1,4-8,10,16-17H,2-3,9,11-12H2,(H,24,25,27);1H4/b4-1+;. The van der Waals surface area contributed by atoms with Gasteiger partial charge in [0.05, 0.1) is 0 Å². The number of aryl methyl sites for hydroxylation is 1. The molecule has 2 aromatic heterocycles. The third-order valence-electron chi connectivity index (χ3n) is 5.95. The van der Waals surface area contributed by atoms with Crippen molar-refractivity contribution >= 4 is 52.2 Å². The molecule has 5 rings (SSSR count). The van der Waals surface area contributed by atoms with Gasteiger partial charge in [-0.25, -0.2) is 4.98 Å². The van der Waals surface area contributed by atoms with Crippen molar-refractivity contribution in [2.45, 2.75) is 26.7 Å². The first kappa shape index (κ1) is 20.8. The van der Waals surface area contributed by atoms with Crippen molar-refractivity contribution < 1.29 is 9.59 Å². The van der Waals surface area contributed by atoms with Crippen LogP contribution in [-0.2, 0) is 16.0 Å². The van der Waals surface area contributed by atoms with E-state index in [1.807, 2.05) is 22.4 Å². The number of likely N-dealkylation sites (tertiary alicyclic amines) is 1. The smallest absolute Gasteiger partial charge is 0.246 e. The Morgan fingerprint density at radius 1 is 1.33 bits per heavy atom. The van der Waals surface area contributed by atoms with Crippen molar-refractivity contribution in [1.82, 2.24) is 9.88 Å². The van der Waals surface area contributed by atoms with Gasteiger partial charge in [0.25, 0.3) is 0 Å². The van der Waals surface area contributed by atoms with E-state index in [2.05, 4.69) is 22.4 Å². The van der Waals surface area contributed by atoms with Crippen LogP contribution >= 0.6 is 22.9 Å². The third-order valence-corrected chi connectivity index (χ3v) is 7.12. The van der Waals surface area contributed by atoms with Crippen LogP contribution in [0.5, 0.6) is 0 Å². The molecule has 2 unspecified atom stereocenters. The number of carbonyl (C=O) groups is 2. The molecule has 1 saturated heterocycles. The Kier molecular flexibility index (Phi) is 5.80. The summed E-state index contributed by atoms with van der Waals surface area (Å²) in [5.74, 6) is 1.56. The first-order valence-electron chi connectivity index (χ1n) is 9.76. The number of carbonyl (C=O) groups excluding carboxylic acids is 2. The van der Waals surface area contributed by atoms with Gasteiger partial charge in [0, 0.05) is 37.3 Å². The zero-order valence-corrected chi connectivity index (χ0v) is 17.3. The van der Waals surface area contributed by atoms with Crippen molar-refractivity contribution in [3.05, 3.63) is 56.9 Å². The monoisotopic (exact) mass is 441 g/mol. The van der Waals surface area contributed by atoms with Crippen LogP contribution in [0.3, 0.4) is 0 Å². The maximum atomic E-state index is 12.7. The predicted molar refractivity (Wildman–Crippen MR) is 122 cm³/mol. The van der Waals surface area contributed by atoms with E-state index in [1.54, 1.807) is 23.6 Å². The quantitative estimate of drug-likeness (QED) is 0.689. The molecular formula is C23H24ClN3O2S. The van der Waals surface area contributed by atoms with Crippen molar-refractivity contribution in [2.24, 2.45) is 11.8 Å². The molecule has 2 aliphatic heterocycles.